The van der Waals surface area contributed by atoms with Crippen LogP contribution in [0.25, 0.3) is 0 Å². The highest BCUT2D eigenvalue weighted by Crippen LogP contribution is 2.33. The quantitative estimate of drug-likeness (QED) is 0.904. The Morgan fingerprint density at radius 3 is 2.79 bits per heavy atom. The summed E-state index contributed by atoms with van der Waals surface area (Å²) in [5.74, 6) is 0.940. The molecule has 1 saturated carbocycles. The van der Waals surface area contributed by atoms with Gasteiger partial charge in [-0.05, 0) is 37.5 Å². The predicted octanol–water partition coefficient (Wildman–Crippen LogP) is 2.58. The second-order valence-electron chi connectivity index (χ2n) is 5.75. The summed E-state index contributed by atoms with van der Waals surface area (Å²) in [7, 11) is 1.72. The van der Waals surface area contributed by atoms with E-state index in [0.717, 1.165) is 30.9 Å². The number of fused-ring (bicyclic) bond motifs is 1. The standard InChI is InChI=1S/C16H24N2O/c1-12(13-6-8-14(19-2)9-7-13)18-11-10-17-15-4-3-5-16(15)18/h6-9,12,15-17H,3-5,10-11H2,1-2H3/t12-,15-,16+/m1/s1. The zero-order valence-corrected chi connectivity index (χ0v) is 11.9. The zero-order valence-electron chi connectivity index (χ0n) is 11.9. The lowest BCUT2D eigenvalue weighted by atomic mass is 10.0. The van der Waals surface area contributed by atoms with E-state index < -0.39 is 0 Å². The first kappa shape index (κ1) is 12.9. The average molecular weight is 260 g/mol. The van der Waals surface area contributed by atoms with E-state index in [4.69, 9.17) is 4.74 Å². The molecule has 2 fully saturated rings. The average Bonchev–Trinajstić information content (AvgIpc) is 2.95. The van der Waals surface area contributed by atoms with Crippen molar-refractivity contribution in [2.24, 2.45) is 0 Å². The van der Waals surface area contributed by atoms with Crippen LogP contribution in [0.15, 0.2) is 24.3 Å². The molecule has 3 rings (SSSR count). The molecular formula is C16H24N2O. The van der Waals surface area contributed by atoms with Crippen molar-refractivity contribution in [1.82, 2.24) is 10.2 Å². The Morgan fingerprint density at radius 2 is 2.05 bits per heavy atom. The molecule has 1 aliphatic carbocycles. The molecule has 1 aromatic carbocycles. The van der Waals surface area contributed by atoms with Gasteiger partial charge in [0.25, 0.3) is 0 Å². The third-order valence-electron chi connectivity index (χ3n) is 4.78. The van der Waals surface area contributed by atoms with E-state index in [-0.39, 0.29) is 0 Å². The fourth-order valence-corrected chi connectivity index (χ4v) is 3.68. The number of piperazine rings is 1. The summed E-state index contributed by atoms with van der Waals surface area (Å²) in [6.45, 7) is 4.62. The van der Waals surface area contributed by atoms with E-state index in [1.807, 2.05) is 0 Å². The van der Waals surface area contributed by atoms with Crippen molar-refractivity contribution >= 4 is 0 Å². The molecule has 0 amide bonds. The van der Waals surface area contributed by atoms with E-state index in [1.165, 1.54) is 24.8 Å². The molecule has 1 aliphatic heterocycles. The summed E-state index contributed by atoms with van der Waals surface area (Å²) in [5.41, 5.74) is 1.40. The van der Waals surface area contributed by atoms with Crippen LogP contribution in [0.3, 0.4) is 0 Å². The highest BCUT2D eigenvalue weighted by atomic mass is 16.5. The molecule has 1 N–H and O–H groups in total. The largest absolute Gasteiger partial charge is 0.497 e. The summed E-state index contributed by atoms with van der Waals surface area (Å²) in [5, 5.41) is 3.67. The highest BCUT2D eigenvalue weighted by Gasteiger charge is 2.37. The van der Waals surface area contributed by atoms with Gasteiger partial charge in [0.05, 0.1) is 7.11 Å². The second-order valence-corrected chi connectivity index (χ2v) is 5.75. The summed E-state index contributed by atoms with van der Waals surface area (Å²) < 4.78 is 5.24. The number of benzene rings is 1. The number of ether oxygens (including phenoxy) is 1. The van der Waals surface area contributed by atoms with Gasteiger partial charge in [-0.3, -0.25) is 4.90 Å². The Hall–Kier alpha value is -1.06. The normalized spacial score (nSPS) is 28.9. The third-order valence-corrected chi connectivity index (χ3v) is 4.78. The van der Waals surface area contributed by atoms with Crippen molar-refractivity contribution in [3.63, 3.8) is 0 Å². The first-order valence-electron chi connectivity index (χ1n) is 7.42. The van der Waals surface area contributed by atoms with Gasteiger partial charge < -0.3 is 10.1 Å². The number of nitrogens with one attached hydrogen (secondary N) is 1. The molecule has 3 atom stereocenters. The number of hydrogen-bond acceptors (Lipinski definition) is 3. The van der Waals surface area contributed by atoms with Crippen LogP contribution in [-0.2, 0) is 0 Å². The van der Waals surface area contributed by atoms with Gasteiger partial charge in [-0.2, -0.15) is 0 Å². The SMILES string of the molecule is COc1ccc([C@@H](C)N2CCN[C@@H]3CCC[C@@H]32)cc1. The van der Waals surface area contributed by atoms with Gasteiger partial charge in [-0.25, -0.2) is 0 Å². The Bertz CT molecular complexity index is 417. The summed E-state index contributed by atoms with van der Waals surface area (Å²) in [4.78, 5) is 2.69. The number of rotatable bonds is 3. The Morgan fingerprint density at radius 1 is 1.26 bits per heavy atom. The molecule has 19 heavy (non-hydrogen) atoms. The van der Waals surface area contributed by atoms with Gasteiger partial charge in [-0.1, -0.05) is 18.6 Å². The van der Waals surface area contributed by atoms with Gasteiger partial charge in [0.2, 0.25) is 0 Å². The van der Waals surface area contributed by atoms with E-state index in [0.29, 0.717) is 6.04 Å². The molecule has 0 bridgehead atoms. The predicted molar refractivity (Wildman–Crippen MR) is 77.5 cm³/mol. The monoisotopic (exact) mass is 260 g/mol. The molecule has 1 saturated heterocycles. The molecular weight excluding hydrogens is 236 g/mol. The molecule has 3 heteroatoms. The molecule has 1 heterocycles. The maximum absolute atomic E-state index is 5.24. The van der Waals surface area contributed by atoms with Crippen LogP contribution in [0, 0.1) is 0 Å². The van der Waals surface area contributed by atoms with E-state index in [2.05, 4.69) is 41.4 Å². The number of nitrogens with zero attached hydrogens (tertiary/aromatic N) is 1. The molecule has 0 aromatic heterocycles. The van der Waals surface area contributed by atoms with E-state index >= 15 is 0 Å². The maximum atomic E-state index is 5.24. The number of methoxy groups -OCH3 is 1. The van der Waals surface area contributed by atoms with Gasteiger partial charge in [-0.15, -0.1) is 0 Å². The zero-order chi connectivity index (χ0) is 13.2. The topological polar surface area (TPSA) is 24.5 Å². The molecule has 2 aliphatic rings. The van der Waals surface area contributed by atoms with Crippen molar-refractivity contribution in [2.75, 3.05) is 20.2 Å². The van der Waals surface area contributed by atoms with Crippen LogP contribution in [0.5, 0.6) is 5.75 Å². The van der Waals surface area contributed by atoms with Crippen molar-refractivity contribution in [3.8, 4) is 5.75 Å². The first-order valence-corrected chi connectivity index (χ1v) is 7.42. The molecule has 0 radical (unpaired) electrons. The van der Waals surface area contributed by atoms with Gasteiger partial charge in [0, 0.05) is 31.2 Å². The van der Waals surface area contributed by atoms with Crippen molar-refractivity contribution in [2.45, 2.75) is 44.3 Å². The lowest BCUT2D eigenvalue weighted by Crippen LogP contribution is -2.55. The van der Waals surface area contributed by atoms with Crippen LogP contribution in [0.1, 0.15) is 37.8 Å². The Balaban J connectivity index is 1.76. The first-order chi connectivity index (χ1) is 9.29. The van der Waals surface area contributed by atoms with Gasteiger partial charge >= 0.3 is 0 Å². The fourth-order valence-electron chi connectivity index (χ4n) is 3.68. The van der Waals surface area contributed by atoms with Gasteiger partial charge in [0.15, 0.2) is 0 Å². The summed E-state index contributed by atoms with van der Waals surface area (Å²) in [6, 6.07) is 10.5. The lowest BCUT2D eigenvalue weighted by molar-refractivity contribution is 0.0951. The Kier molecular flexibility index (Phi) is 3.76. The minimum absolute atomic E-state index is 0.499. The third kappa shape index (κ3) is 2.49. The molecule has 3 nitrogen and oxygen atoms in total. The molecule has 104 valence electrons. The second kappa shape index (κ2) is 5.51. The van der Waals surface area contributed by atoms with Gasteiger partial charge in [0.1, 0.15) is 5.75 Å². The van der Waals surface area contributed by atoms with Crippen molar-refractivity contribution in [3.05, 3.63) is 29.8 Å². The van der Waals surface area contributed by atoms with Crippen LogP contribution in [0.4, 0.5) is 0 Å². The van der Waals surface area contributed by atoms with E-state index in [1.54, 1.807) is 7.11 Å². The smallest absolute Gasteiger partial charge is 0.118 e. The lowest BCUT2D eigenvalue weighted by Gasteiger charge is -2.42. The van der Waals surface area contributed by atoms with E-state index in [9.17, 15) is 0 Å². The molecule has 1 aromatic rings. The maximum Gasteiger partial charge on any atom is 0.118 e. The van der Waals surface area contributed by atoms with Crippen molar-refractivity contribution in [1.29, 1.82) is 0 Å². The Labute approximate surface area is 115 Å². The van der Waals surface area contributed by atoms with Crippen LogP contribution >= 0.6 is 0 Å². The van der Waals surface area contributed by atoms with Crippen LogP contribution < -0.4 is 10.1 Å². The molecule has 0 spiro atoms. The number of hydrogen-bond donors (Lipinski definition) is 1. The fraction of sp³-hybridized carbons (Fsp3) is 0.625. The van der Waals surface area contributed by atoms with Crippen LogP contribution in [-0.4, -0.2) is 37.2 Å². The highest BCUT2D eigenvalue weighted by molar-refractivity contribution is 5.29. The molecule has 0 unspecified atom stereocenters. The van der Waals surface area contributed by atoms with Crippen molar-refractivity contribution < 1.29 is 4.74 Å². The summed E-state index contributed by atoms with van der Waals surface area (Å²) >= 11 is 0. The summed E-state index contributed by atoms with van der Waals surface area (Å²) in [6.07, 6.45) is 4.06. The minimum Gasteiger partial charge on any atom is -0.497 e. The van der Waals surface area contributed by atoms with Crippen LogP contribution in [0.2, 0.25) is 0 Å². The minimum atomic E-state index is 0.499.